The van der Waals surface area contributed by atoms with Crippen LogP contribution in [0.3, 0.4) is 0 Å². The molecule has 2 saturated carbocycles. The maximum atomic E-state index is 10.5. The predicted molar refractivity (Wildman–Crippen MR) is 98.6 cm³/mol. The van der Waals surface area contributed by atoms with Crippen molar-refractivity contribution in [2.45, 2.75) is 78.4 Å². The van der Waals surface area contributed by atoms with Gasteiger partial charge in [-0.25, -0.2) is 0 Å². The highest BCUT2D eigenvalue weighted by molar-refractivity contribution is 5.48. The van der Waals surface area contributed by atoms with Gasteiger partial charge in [0.15, 0.2) is 0 Å². The van der Waals surface area contributed by atoms with Crippen LogP contribution in [0.1, 0.15) is 70.9 Å². The van der Waals surface area contributed by atoms with Gasteiger partial charge >= 0.3 is 0 Å². The van der Waals surface area contributed by atoms with Gasteiger partial charge < -0.3 is 14.9 Å². The van der Waals surface area contributed by atoms with Crippen molar-refractivity contribution in [2.75, 3.05) is 0 Å². The monoisotopic (exact) mass is 344 g/mol. The molecule has 0 radical (unpaired) electrons. The zero-order valence-electron chi connectivity index (χ0n) is 16.1. The van der Waals surface area contributed by atoms with Gasteiger partial charge in [-0.15, -0.1) is 0 Å². The van der Waals surface area contributed by atoms with Crippen LogP contribution < -0.4 is 0 Å². The number of hydrogen-bond acceptors (Lipinski definition) is 3. The third-order valence-corrected chi connectivity index (χ3v) is 8.07. The Labute approximate surface area is 151 Å². The van der Waals surface area contributed by atoms with Crippen molar-refractivity contribution in [3.8, 4) is 11.5 Å². The minimum atomic E-state index is -0.184. The molecule has 1 aromatic rings. The summed E-state index contributed by atoms with van der Waals surface area (Å²) in [5.74, 6) is 1.62. The number of rotatable bonds is 0. The lowest BCUT2D eigenvalue weighted by Gasteiger charge is -2.62. The molecular formula is C22H32O3. The number of phenolic OH excluding ortho intramolecular Hbond substituents is 2. The third kappa shape index (κ3) is 2.42. The van der Waals surface area contributed by atoms with E-state index in [9.17, 15) is 10.2 Å². The van der Waals surface area contributed by atoms with Crippen LogP contribution in [-0.2, 0) is 17.8 Å². The average Bonchev–Trinajstić information content (AvgIpc) is 2.68. The number of aromatic hydroxyl groups is 2. The van der Waals surface area contributed by atoms with Gasteiger partial charge in [-0.05, 0) is 73.8 Å². The zero-order chi connectivity index (χ0) is 18.0. The van der Waals surface area contributed by atoms with Gasteiger partial charge in [0.25, 0.3) is 0 Å². The van der Waals surface area contributed by atoms with Gasteiger partial charge in [-0.2, -0.15) is 0 Å². The highest BCUT2D eigenvalue weighted by atomic mass is 16.5. The molecule has 0 bridgehead atoms. The number of phenols is 2. The summed E-state index contributed by atoms with van der Waals surface area (Å²) in [4.78, 5) is 0. The topological polar surface area (TPSA) is 49.7 Å². The molecule has 2 aliphatic carbocycles. The molecule has 1 aliphatic heterocycles. The van der Waals surface area contributed by atoms with E-state index in [1.54, 1.807) is 12.1 Å². The number of fused-ring (bicyclic) bond motifs is 4. The smallest absolute Gasteiger partial charge is 0.121 e. The Morgan fingerprint density at radius 3 is 2.32 bits per heavy atom. The van der Waals surface area contributed by atoms with E-state index in [1.165, 1.54) is 25.7 Å². The highest BCUT2D eigenvalue weighted by Gasteiger charge is 2.59. The first kappa shape index (κ1) is 17.2. The third-order valence-electron chi connectivity index (χ3n) is 8.07. The zero-order valence-corrected chi connectivity index (χ0v) is 16.1. The van der Waals surface area contributed by atoms with E-state index in [-0.39, 0.29) is 16.8 Å². The van der Waals surface area contributed by atoms with Crippen LogP contribution >= 0.6 is 0 Å². The van der Waals surface area contributed by atoms with Crippen LogP contribution in [0.15, 0.2) is 12.1 Å². The second-order valence-corrected chi connectivity index (χ2v) is 9.86. The molecule has 138 valence electrons. The summed E-state index contributed by atoms with van der Waals surface area (Å²) < 4.78 is 6.47. The van der Waals surface area contributed by atoms with Crippen LogP contribution in [0.2, 0.25) is 0 Å². The molecule has 4 rings (SSSR count). The molecule has 1 heterocycles. The lowest BCUT2D eigenvalue weighted by molar-refractivity contribution is -0.191. The molecule has 25 heavy (non-hydrogen) atoms. The van der Waals surface area contributed by atoms with Crippen molar-refractivity contribution >= 4 is 0 Å². The Bertz CT molecular complexity index is 695. The Balaban J connectivity index is 1.82. The Morgan fingerprint density at radius 1 is 0.920 bits per heavy atom. The Hall–Kier alpha value is -1.22. The molecule has 4 atom stereocenters. The summed E-state index contributed by atoms with van der Waals surface area (Å²) >= 11 is 0. The summed E-state index contributed by atoms with van der Waals surface area (Å²) in [7, 11) is 0. The lowest BCUT2D eigenvalue weighted by atomic mass is 9.45. The molecular weight excluding hydrogens is 312 g/mol. The van der Waals surface area contributed by atoms with E-state index in [4.69, 9.17) is 4.74 Å². The maximum Gasteiger partial charge on any atom is 0.121 e. The Kier molecular flexibility index (Phi) is 3.71. The van der Waals surface area contributed by atoms with Crippen molar-refractivity contribution < 1.29 is 14.9 Å². The fourth-order valence-electron chi connectivity index (χ4n) is 6.73. The van der Waals surface area contributed by atoms with Crippen molar-refractivity contribution in [1.82, 2.24) is 0 Å². The van der Waals surface area contributed by atoms with Gasteiger partial charge in [-0.1, -0.05) is 27.2 Å². The van der Waals surface area contributed by atoms with Crippen LogP contribution in [0.4, 0.5) is 0 Å². The first-order valence-corrected chi connectivity index (χ1v) is 9.84. The minimum Gasteiger partial charge on any atom is -0.508 e. The first-order chi connectivity index (χ1) is 11.7. The summed E-state index contributed by atoms with van der Waals surface area (Å²) in [6, 6.07) is 3.22. The van der Waals surface area contributed by atoms with Crippen molar-refractivity contribution in [3.05, 3.63) is 23.3 Å². The van der Waals surface area contributed by atoms with Crippen LogP contribution in [0.25, 0.3) is 0 Å². The molecule has 0 aromatic heterocycles. The number of ether oxygens (including phenoxy) is 1. The summed E-state index contributed by atoms with van der Waals surface area (Å²) in [5, 5.41) is 20.8. The highest BCUT2D eigenvalue weighted by Crippen LogP contribution is 2.64. The van der Waals surface area contributed by atoms with E-state index in [0.29, 0.717) is 29.6 Å². The predicted octanol–water partition coefficient (Wildman–Crippen LogP) is 5.17. The average molecular weight is 344 g/mol. The fourth-order valence-corrected chi connectivity index (χ4v) is 6.73. The first-order valence-electron chi connectivity index (χ1n) is 9.84. The molecule has 3 nitrogen and oxygen atoms in total. The normalized spacial score (nSPS) is 39.7. The molecule has 1 aromatic carbocycles. The van der Waals surface area contributed by atoms with Crippen molar-refractivity contribution in [3.63, 3.8) is 0 Å². The van der Waals surface area contributed by atoms with Gasteiger partial charge in [0.2, 0.25) is 0 Å². The van der Waals surface area contributed by atoms with E-state index < -0.39 is 0 Å². The van der Waals surface area contributed by atoms with E-state index in [1.807, 2.05) is 0 Å². The van der Waals surface area contributed by atoms with Crippen molar-refractivity contribution in [1.29, 1.82) is 0 Å². The molecule has 3 heteroatoms. The van der Waals surface area contributed by atoms with E-state index in [0.717, 1.165) is 24.0 Å². The second kappa shape index (κ2) is 5.39. The van der Waals surface area contributed by atoms with Crippen LogP contribution in [-0.4, -0.2) is 15.8 Å². The maximum absolute atomic E-state index is 10.5. The summed E-state index contributed by atoms with van der Waals surface area (Å²) in [6.07, 6.45) is 6.89. The largest absolute Gasteiger partial charge is 0.508 e. The van der Waals surface area contributed by atoms with Gasteiger partial charge in [-0.3, -0.25) is 0 Å². The fraction of sp³-hybridized carbons (Fsp3) is 0.727. The Morgan fingerprint density at radius 2 is 1.60 bits per heavy atom. The molecule has 0 spiro atoms. The molecule has 2 fully saturated rings. The standard InChI is InChI=1S/C22H32O3/c1-20(2)9-5-10-21(3)18(20)8-11-22(4)19(21)12-14-15(13-25-22)17(24)7-6-16(14)23/h6-7,18-19,23-24H,5,8-13H2,1-4H3/t18?,19-,21+,22-/m1/s1. The quantitative estimate of drug-likeness (QED) is 0.638. The summed E-state index contributed by atoms with van der Waals surface area (Å²) in [5.41, 5.74) is 2.08. The van der Waals surface area contributed by atoms with Crippen LogP contribution in [0, 0.1) is 22.7 Å². The molecule has 0 saturated heterocycles. The van der Waals surface area contributed by atoms with Crippen LogP contribution in [0.5, 0.6) is 11.5 Å². The second-order valence-electron chi connectivity index (χ2n) is 9.86. The molecule has 0 amide bonds. The minimum absolute atomic E-state index is 0.184. The lowest BCUT2D eigenvalue weighted by Crippen LogP contribution is -2.58. The molecule has 2 N–H and O–H groups in total. The van der Waals surface area contributed by atoms with E-state index >= 15 is 0 Å². The number of benzene rings is 1. The van der Waals surface area contributed by atoms with Gasteiger partial charge in [0.05, 0.1) is 12.2 Å². The van der Waals surface area contributed by atoms with Crippen molar-refractivity contribution in [2.24, 2.45) is 22.7 Å². The van der Waals surface area contributed by atoms with Gasteiger partial charge in [0.1, 0.15) is 11.5 Å². The van der Waals surface area contributed by atoms with Gasteiger partial charge in [0, 0.05) is 11.1 Å². The van der Waals surface area contributed by atoms with E-state index in [2.05, 4.69) is 27.7 Å². The number of hydrogen-bond donors (Lipinski definition) is 2. The SMILES string of the molecule is CC1(C)CCC[C@@]2(C)C1CC[C@@]1(C)OCc3c(O)ccc(O)c3C[C@@H]12. The molecule has 3 aliphatic rings. The summed E-state index contributed by atoms with van der Waals surface area (Å²) in [6.45, 7) is 10.0. The molecule has 1 unspecified atom stereocenters.